The summed E-state index contributed by atoms with van der Waals surface area (Å²) in [7, 11) is 0. The van der Waals surface area contributed by atoms with E-state index in [2.05, 4.69) is 0 Å². The van der Waals surface area contributed by atoms with Crippen LogP contribution in [0.5, 0.6) is 0 Å². The zero-order valence-electron chi connectivity index (χ0n) is 7.67. The SMILES string of the molecule is CC(C)CC(=O)CCC(=O)CO. The van der Waals surface area contributed by atoms with Crippen molar-refractivity contribution in [1.82, 2.24) is 0 Å². The van der Waals surface area contributed by atoms with E-state index in [1.54, 1.807) is 0 Å². The van der Waals surface area contributed by atoms with Crippen molar-refractivity contribution in [1.29, 1.82) is 0 Å². The molecule has 0 aliphatic rings. The summed E-state index contributed by atoms with van der Waals surface area (Å²) in [6, 6.07) is 0. The van der Waals surface area contributed by atoms with Gasteiger partial charge in [0, 0.05) is 19.3 Å². The Morgan fingerprint density at radius 1 is 1.17 bits per heavy atom. The summed E-state index contributed by atoms with van der Waals surface area (Å²) >= 11 is 0. The van der Waals surface area contributed by atoms with E-state index >= 15 is 0 Å². The van der Waals surface area contributed by atoms with Crippen molar-refractivity contribution in [2.45, 2.75) is 33.1 Å². The monoisotopic (exact) mass is 172 g/mol. The van der Waals surface area contributed by atoms with Gasteiger partial charge in [-0.2, -0.15) is 0 Å². The maximum absolute atomic E-state index is 11.0. The molecule has 0 fully saturated rings. The van der Waals surface area contributed by atoms with Crippen molar-refractivity contribution < 1.29 is 14.7 Å². The molecule has 3 heteroatoms. The highest BCUT2D eigenvalue weighted by molar-refractivity contribution is 5.86. The molecule has 0 saturated carbocycles. The number of aliphatic hydroxyl groups is 1. The van der Waals surface area contributed by atoms with Gasteiger partial charge in [0.25, 0.3) is 0 Å². The molecule has 0 spiro atoms. The fourth-order valence-corrected chi connectivity index (χ4v) is 0.915. The minimum absolute atomic E-state index is 0.104. The summed E-state index contributed by atoms with van der Waals surface area (Å²) < 4.78 is 0. The number of carbonyl (C=O) groups is 2. The van der Waals surface area contributed by atoms with Crippen LogP contribution in [0.3, 0.4) is 0 Å². The van der Waals surface area contributed by atoms with E-state index in [4.69, 9.17) is 5.11 Å². The summed E-state index contributed by atoms with van der Waals surface area (Å²) in [5, 5.41) is 8.37. The summed E-state index contributed by atoms with van der Waals surface area (Å²) in [6.07, 6.45) is 0.984. The molecule has 0 atom stereocenters. The topological polar surface area (TPSA) is 54.4 Å². The minimum Gasteiger partial charge on any atom is -0.389 e. The molecule has 0 amide bonds. The molecule has 0 aromatic heterocycles. The largest absolute Gasteiger partial charge is 0.389 e. The lowest BCUT2D eigenvalue weighted by atomic mass is 10.0. The highest BCUT2D eigenvalue weighted by atomic mass is 16.3. The predicted octanol–water partition coefficient (Wildman–Crippen LogP) is 0.943. The van der Waals surface area contributed by atoms with E-state index in [0.29, 0.717) is 12.3 Å². The molecule has 0 bridgehead atoms. The third-order valence-electron chi connectivity index (χ3n) is 1.49. The Kier molecular flexibility index (Phi) is 5.54. The van der Waals surface area contributed by atoms with E-state index < -0.39 is 6.61 Å². The summed E-state index contributed by atoms with van der Waals surface area (Å²) in [6.45, 7) is 3.48. The molecule has 0 unspecified atom stereocenters. The standard InChI is InChI=1S/C9H16O3/c1-7(2)5-8(11)3-4-9(12)6-10/h7,10H,3-6H2,1-2H3. The van der Waals surface area contributed by atoms with Crippen LogP contribution in [0.15, 0.2) is 0 Å². The lowest BCUT2D eigenvalue weighted by Gasteiger charge is -2.01. The van der Waals surface area contributed by atoms with Gasteiger partial charge in [-0.05, 0) is 5.92 Å². The van der Waals surface area contributed by atoms with Crippen LogP contribution in [0, 0.1) is 5.92 Å². The Bertz CT molecular complexity index is 161. The van der Waals surface area contributed by atoms with Crippen molar-refractivity contribution in [3.8, 4) is 0 Å². The van der Waals surface area contributed by atoms with Crippen LogP contribution in [-0.2, 0) is 9.59 Å². The molecule has 0 heterocycles. The first kappa shape index (κ1) is 11.3. The second-order valence-electron chi connectivity index (χ2n) is 3.33. The van der Waals surface area contributed by atoms with Gasteiger partial charge in [0.15, 0.2) is 5.78 Å². The van der Waals surface area contributed by atoms with Crippen molar-refractivity contribution in [3.63, 3.8) is 0 Å². The van der Waals surface area contributed by atoms with E-state index in [1.807, 2.05) is 13.8 Å². The van der Waals surface area contributed by atoms with Gasteiger partial charge in [-0.1, -0.05) is 13.8 Å². The molecular formula is C9H16O3. The van der Waals surface area contributed by atoms with Crippen LogP contribution in [0.25, 0.3) is 0 Å². The number of aliphatic hydroxyl groups excluding tert-OH is 1. The second-order valence-corrected chi connectivity index (χ2v) is 3.33. The zero-order valence-corrected chi connectivity index (χ0v) is 7.67. The summed E-state index contributed by atoms with van der Waals surface area (Å²) in [4.78, 5) is 21.6. The maximum atomic E-state index is 11.0. The van der Waals surface area contributed by atoms with E-state index in [0.717, 1.165) is 0 Å². The van der Waals surface area contributed by atoms with Gasteiger partial charge in [0.1, 0.15) is 12.4 Å². The number of hydrogen-bond acceptors (Lipinski definition) is 3. The van der Waals surface area contributed by atoms with Gasteiger partial charge < -0.3 is 5.11 Å². The van der Waals surface area contributed by atoms with Gasteiger partial charge in [-0.3, -0.25) is 9.59 Å². The average molecular weight is 172 g/mol. The lowest BCUT2D eigenvalue weighted by Crippen LogP contribution is -2.09. The van der Waals surface area contributed by atoms with E-state index in [1.165, 1.54) is 0 Å². The Balaban J connectivity index is 3.51. The Morgan fingerprint density at radius 3 is 2.08 bits per heavy atom. The molecule has 0 aliphatic carbocycles. The number of hydrogen-bond donors (Lipinski definition) is 1. The van der Waals surface area contributed by atoms with Gasteiger partial charge >= 0.3 is 0 Å². The first-order valence-corrected chi connectivity index (χ1v) is 4.20. The molecule has 0 saturated heterocycles. The summed E-state index contributed by atoms with van der Waals surface area (Å²) in [5.41, 5.74) is 0. The third-order valence-corrected chi connectivity index (χ3v) is 1.49. The maximum Gasteiger partial charge on any atom is 0.158 e. The zero-order chi connectivity index (χ0) is 9.56. The highest BCUT2D eigenvalue weighted by Gasteiger charge is 2.07. The molecule has 0 aromatic carbocycles. The first-order valence-electron chi connectivity index (χ1n) is 4.20. The van der Waals surface area contributed by atoms with Crippen molar-refractivity contribution >= 4 is 11.6 Å². The van der Waals surface area contributed by atoms with Crippen LogP contribution in [0.1, 0.15) is 33.1 Å². The van der Waals surface area contributed by atoms with Gasteiger partial charge in [-0.25, -0.2) is 0 Å². The average Bonchev–Trinajstić information content (AvgIpc) is 1.99. The number of carbonyl (C=O) groups excluding carboxylic acids is 2. The first-order chi connectivity index (χ1) is 5.56. The Morgan fingerprint density at radius 2 is 1.67 bits per heavy atom. The molecule has 0 rings (SSSR count). The number of Topliss-reactive ketones (excluding diaryl/α,β-unsaturated/α-hetero) is 2. The van der Waals surface area contributed by atoms with Crippen LogP contribution >= 0.6 is 0 Å². The molecule has 0 radical (unpaired) electrons. The van der Waals surface area contributed by atoms with Crippen LogP contribution in [0.4, 0.5) is 0 Å². The fourth-order valence-electron chi connectivity index (χ4n) is 0.915. The van der Waals surface area contributed by atoms with Crippen molar-refractivity contribution in [2.24, 2.45) is 5.92 Å². The normalized spacial score (nSPS) is 10.3. The Labute approximate surface area is 72.8 Å². The van der Waals surface area contributed by atoms with Crippen molar-refractivity contribution in [3.05, 3.63) is 0 Å². The van der Waals surface area contributed by atoms with Gasteiger partial charge in [0.05, 0.1) is 0 Å². The molecular weight excluding hydrogens is 156 g/mol. The summed E-state index contributed by atoms with van der Waals surface area (Å²) in [5.74, 6) is 0.195. The van der Waals surface area contributed by atoms with Gasteiger partial charge in [0.2, 0.25) is 0 Å². The lowest BCUT2D eigenvalue weighted by molar-refractivity contribution is -0.126. The number of rotatable bonds is 6. The van der Waals surface area contributed by atoms with Crippen LogP contribution in [0.2, 0.25) is 0 Å². The molecule has 3 nitrogen and oxygen atoms in total. The number of ketones is 2. The molecule has 0 aliphatic heterocycles. The Hall–Kier alpha value is -0.700. The van der Waals surface area contributed by atoms with E-state index in [-0.39, 0.29) is 24.4 Å². The molecule has 12 heavy (non-hydrogen) atoms. The highest BCUT2D eigenvalue weighted by Crippen LogP contribution is 2.04. The second kappa shape index (κ2) is 5.89. The molecule has 0 aromatic rings. The van der Waals surface area contributed by atoms with Crippen LogP contribution < -0.4 is 0 Å². The fraction of sp³-hybridized carbons (Fsp3) is 0.778. The predicted molar refractivity (Wildman–Crippen MR) is 45.8 cm³/mol. The molecule has 70 valence electrons. The van der Waals surface area contributed by atoms with Crippen molar-refractivity contribution in [2.75, 3.05) is 6.61 Å². The third kappa shape index (κ3) is 6.04. The van der Waals surface area contributed by atoms with Gasteiger partial charge in [-0.15, -0.1) is 0 Å². The molecule has 1 N–H and O–H groups in total. The van der Waals surface area contributed by atoms with Crippen LogP contribution in [-0.4, -0.2) is 23.3 Å². The minimum atomic E-state index is -0.449. The smallest absolute Gasteiger partial charge is 0.158 e. The quantitative estimate of drug-likeness (QED) is 0.648. The van der Waals surface area contributed by atoms with E-state index in [9.17, 15) is 9.59 Å².